The summed E-state index contributed by atoms with van der Waals surface area (Å²) in [5, 5.41) is 0. The number of hydrogen-bond donors (Lipinski definition) is 0. The van der Waals surface area contributed by atoms with Crippen molar-refractivity contribution in [2.45, 2.75) is 33.6 Å². The lowest BCUT2D eigenvalue weighted by atomic mass is 9.80. The monoisotopic (exact) mass is 259 g/mol. The van der Waals surface area contributed by atoms with Crippen LogP contribution in [0.1, 0.15) is 44.0 Å². The van der Waals surface area contributed by atoms with Crippen LogP contribution < -0.4 is 0 Å². The molecule has 104 valence electrons. The van der Waals surface area contributed by atoms with E-state index >= 15 is 0 Å². The SMILES string of the molecule is CC(C)(C)C1CCN(CCC(=O)c2ccccc2)C1. The normalized spacial score (nSPS) is 20.7. The van der Waals surface area contributed by atoms with Crippen LogP contribution >= 0.6 is 0 Å². The molecule has 0 aromatic heterocycles. The van der Waals surface area contributed by atoms with E-state index in [1.165, 1.54) is 6.42 Å². The summed E-state index contributed by atoms with van der Waals surface area (Å²) in [4.78, 5) is 14.5. The number of benzene rings is 1. The zero-order valence-electron chi connectivity index (χ0n) is 12.4. The van der Waals surface area contributed by atoms with Crippen molar-refractivity contribution in [3.63, 3.8) is 0 Å². The van der Waals surface area contributed by atoms with Crippen LogP contribution in [-0.2, 0) is 0 Å². The van der Waals surface area contributed by atoms with Crippen LogP contribution in [0.4, 0.5) is 0 Å². The first-order valence-corrected chi connectivity index (χ1v) is 7.27. The molecular weight excluding hydrogens is 234 g/mol. The first kappa shape index (κ1) is 14.3. The summed E-state index contributed by atoms with van der Waals surface area (Å²) in [5.41, 5.74) is 1.23. The molecule has 1 unspecified atom stereocenters. The number of nitrogens with zero attached hydrogens (tertiary/aromatic N) is 1. The largest absolute Gasteiger partial charge is 0.303 e. The molecule has 0 radical (unpaired) electrons. The molecule has 0 amide bonds. The molecule has 1 saturated heterocycles. The Hall–Kier alpha value is -1.15. The molecule has 1 heterocycles. The Morgan fingerprint density at radius 1 is 1.26 bits per heavy atom. The van der Waals surface area contributed by atoms with Gasteiger partial charge in [-0.1, -0.05) is 51.1 Å². The molecule has 1 aromatic carbocycles. The minimum absolute atomic E-state index is 0.264. The molecule has 1 atom stereocenters. The quantitative estimate of drug-likeness (QED) is 0.770. The van der Waals surface area contributed by atoms with Crippen LogP contribution in [0.15, 0.2) is 30.3 Å². The third-order valence-electron chi connectivity index (χ3n) is 4.25. The van der Waals surface area contributed by atoms with E-state index in [9.17, 15) is 4.79 Å². The second-order valence-corrected chi connectivity index (χ2v) is 6.69. The van der Waals surface area contributed by atoms with Crippen molar-refractivity contribution in [1.29, 1.82) is 0 Å². The Bertz CT molecular complexity index is 419. The predicted molar refractivity (Wildman–Crippen MR) is 79.4 cm³/mol. The lowest BCUT2D eigenvalue weighted by molar-refractivity contribution is 0.0967. The van der Waals surface area contributed by atoms with Gasteiger partial charge in [0.05, 0.1) is 0 Å². The van der Waals surface area contributed by atoms with Crippen molar-refractivity contribution in [1.82, 2.24) is 4.90 Å². The van der Waals surface area contributed by atoms with Gasteiger partial charge in [-0.2, -0.15) is 0 Å². The van der Waals surface area contributed by atoms with Gasteiger partial charge in [0.15, 0.2) is 5.78 Å². The van der Waals surface area contributed by atoms with Gasteiger partial charge in [-0.3, -0.25) is 4.79 Å². The van der Waals surface area contributed by atoms with Crippen molar-refractivity contribution in [3.05, 3.63) is 35.9 Å². The summed E-state index contributed by atoms with van der Waals surface area (Å²) in [6, 6.07) is 9.62. The molecule has 1 aliphatic heterocycles. The third-order valence-corrected chi connectivity index (χ3v) is 4.25. The molecule has 2 rings (SSSR count). The standard InChI is InChI=1S/C17H25NO/c1-17(2,3)15-9-11-18(13-15)12-10-16(19)14-7-5-4-6-8-14/h4-8,15H,9-13H2,1-3H3. The zero-order valence-corrected chi connectivity index (χ0v) is 12.4. The van der Waals surface area contributed by atoms with Crippen molar-refractivity contribution in [2.75, 3.05) is 19.6 Å². The molecule has 2 heteroatoms. The second-order valence-electron chi connectivity index (χ2n) is 6.69. The Morgan fingerprint density at radius 3 is 2.53 bits per heavy atom. The van der Waals surface area contributed by atoms with Crippen LogP contribution in [0.25, 0.3) is 0 Å². The minimum Gasteiger partial charge on any atom is -0.303 e. The number of hydrogen-bond acceptors (Lipinski definition) is 2. The Labute approximate surface area is 116 Å². The van der Waals surface area contributed by atoms with E-state index < -0.39 is 0 Å². The lowest BCUT2D eigenvalue weighted by Gasteiger charge is -2.27. The molecular formula is C17H25NO. The number of carbonyl (C=O) groups excluding carboxylic acids is 1. The number of Topliss-reactive ketones (excluding diaryl/α,β-unsaturated/α-hetero) is 1. The van der Waals surface area contributed by atoms with Gasteiger partial charge in [-0.05, 0) is 24.3 Å². The molecule has 0 saturated carbocycles. The Kier molecular flexibility index (Phi) is 4.41. The van der Waals surface area contributed by atoms with Gasteiger partial charge in [-0.15, -0.1) is 0 Å². The summed E-state index contributed by atoms with van der Waals surface area (Å²) >= 11 is 0. The van der Waals surface area contributed by atoms with Crippen molar-refractivity contribution >= 4 is 5.78 Å². The van der Waals surface area contributed by atoms with Gasteiger partial charge < -0.3 is 4.90 Å². The van der Waals surface area contributed by atoms with Crippen LogP contribution in [0.2, 0.25) is 0 Å². The predicted octanol–water partition coefficient (Wildman–Crippen LogP) is 3.63. The minimum atomic E-state index is 0.264. The van der Waals surface area contributed by atoms with E-state index in [2.05, 4.69) is 25.7 Å². The van der Waals surface area contributed by atoms with Gasteiger partial charge in [0.25, 0.3) is 0 Å². The fourth-order valence-electron chi connectivity index (χ4n) is 2.77. The number of carbonyl (C=O) groups is 1. The molecule has 1 fully saturated rings. The molecule has 2 nitrogen and oxygen atoms in total. The van der Waals surface area contributed by atoms with E-state index in [4.69, 9.17) is 0 Å². The lowest BCUT2D eigenvalue weighted by Crippen LogP contribution is -2.27. The van der Waals surface area contributed by atoms with Crippen LogP contribution in [0.5, 0.6) is 0 Å². The summed E-state index contributed by atoms with van der Waals surface area (Å²) < 4.78 is 0. The van der Waals surface area contributed by atoms with Crippen LogP contribution in [-0.4, -0.2) is 30.3 Å². The van der Waals surface area contributed by atoms with Gasteiger partial charge in [0.1, 0.15) is 0 Å². The van der Waals surface area contributed by atoms with Crippen molar-refractivity contribution in [3.8, 4) is 0 Å². The maximum Gasteiger partial charge on any atom is 0.164 e. The highest BCUT2D eigenvalue weighted by Gasteiger charge is 2.31. The maximum absolute atomic E-state index is 12.1. The first-order chi connectivity index (χ1) is 8.97. The molecule has 0 spiro atoms. The fourth-order valence-corrected chi connectivity index (χ4v) is 2.77. The van der Waals surface area contributed by atoms with Crippen LogP contribution in [0.3, 0.4) is 0 Å². The highest BCUT2D eigenvalue weighted by Crippen LogP contribution is 2.33. The fraction of sp³-hybridized carbons (Fsp3) is 0.588. The summed E-state index contributed by atoms with van der Waals surface area (Å²) in [6.07, 6.45) is 1.91. The summed E-state index contributed by atoms with van der Waals surface area (Å²) in [5.74, 6) is 1.03. The zero-order chi connectivity index (χ0) is 13.9. The van der Waals surface area contributed by atoms with Gasteiger partial charge in [0, 0.05) is 25.1 Å². The average molecular weight is 259 g/mol. The number of likely N-dealkylation sites (tertiary alicyclic amines) is 1. The van der Waals surface area contributed by atoms with E-state index in [-0.39, 0.29) is 5.78 Å². The second kappa shape index (κ2) is 5.87. The molecule has 19 heavy (non-hydrogen) atoms. The highest BCUT2D eigenvalue weighted by molar-refractivity contribution is 5.96. The first-order valence-electron chi connectivity index (χ1n) is 7.27. The Balaban J connectivity index is 1.80. The number of rotatable bonds is 4. The Morgan fingerprint density at radius 2 is 1.95 bits per heavy atom. The smallest absolute Gasteiger partial charge is 0.164 e. The van der Waals surface area contributed by atoms with Crippen LogP contribution in [0, 0.1) is 11.3 Å². The number of ketones is 1. The topological polar surface area (TPSA) is 20.3 Å². The summed E-state index contributed by atoms with van der Waals surface area (Å²) in [7, 11) is 0. The average Bonchev–Trinajstić information content (AvgIpc) is 2.86. The van der Waals surface area contributed by atoms with Gasteiger partial charge in [-0.25, -0.2) is 0 Å². The van der Waals surface area contributed by atoms with Crippen molar-refractivity contribution in [2.24, 2.45) is 11.3 Å². The summed E-state index contributed by atoms with van der Waals surface area (Å²) in [6.45, 7) is 10.1. The maximum atomic E-state index is 12.1. The van der Waals surface area contributed by atoms with E-state index in [1.807, 2.05) is 30.3 Å². The third kappa shape index (κ3) is 3.90. The van der Waals surface area contributed by atoms with E-state index in [0.717, 1.165) is 31.1 Å². The van der Waals surface area contributed by atoms with Gasteiger partial charge >= 0.3 is 0 Å². The molecule has 0 aliphatic carbocycles. The molecule has 0 N–H and O–H groups in total. The van der Waals surface area contributed by atoms with E-state index in [0.29, 0.717) is 11.8 Å². The van der Waals surface area contributed by atoms with Crippen molar-refractivity contribution < 1.29 is 4.79 Å². The molecule has 0 bridgehead atoms. The van der Waals surface area contributed by atoms with E-state index in [1.54, 1.807) is 0 Å². The van der Waals surface area contributed by atoms with Gasteiger partial charge in [0.2, 0.25) is 0 Å². The molecule has 1 aromatic rings. The highest BCUT2D eigenvalue weighted by atomic mass is 16.1. The molecule has 1 aliphatic rings.